The molecule has 78 valence electrons. The highest BCUT2D eigenvalue weighted by atomic mass is 79.9. The fraction of sp³-hybridized carbons (Fsp3) is 0.0909. The van der Waals surface area contributed by atoms with Crippen molar-refractivity contribution >= 4 is 50.5 Å². The number of benzene rings is 1. The summed E-state index contributed by atoms with van der Waals surface area (Å²) in [5, 5.41) is 3.54. The molecule has 0 radical (unpaired) electrons. The SMILES string of the molecule is Clc1ccc(C(Br)c2sccc2Cl)cc1. The van der Waals surface area contributed by atoms with Crippen molar-refractivity contribution in [2.75, 3.05) is 0 Å². The molecule has 1 aromatic heterocycles. The normalized spacial score (nSPS) is 12.7. The Morgan fingerprint density at radius 1 is 1.07 bits per heavy atom. The summed E-state index contributed by atoms with van der Waals surface area (Å²) in [4.78, 5) is 1.27. The van der Waals surface area contributed by atoms with E-state index in [9.17, 15) is 0 Å². The third-order valence-electron chi connectivity index (χ3n) is 2.04. The Kier molecular flexibility index (Phi) is 3.73. The third-order valence-corrected chi connectivity index (χ3v) is 5.00. The van der Waals surface area contributed by atoms with E-state index in [0.717, 1.165) is 20.5 Å². The van der Waals surface area contributed by atoms with Crippen LogP contribution < -0.4 is 0 Å². The maximum Gasteiger partial charge on any atom is 0.0753 e. The van der Waals surface area contributed by atoms with E-state index < -0.39 is 0 Å². The smallest absolute Gasteiger partial charge is 0.0753 e. The van der Waals surface area contributed by atoms with Gasteiger partial charge in [-0.15, -0.1) is 11.3 Å². The number of alkyl halides is 1. The van der Waals surface area contributed by atoms with E-state index in [-0.39, 0.29) is 4.83 Å². The summed E-state index contributed by atoms with van der Waals surface area (Å²) in [5.74, 6) is 0. The van der Waals surface area contributed by atoms with Gasteiger partial charge in [0.15, 0.2) is 0 Å². The van der Waals surface area contributed by atoms with Gasteiger partial charge in [-0.25, -0.2) is 0 Å². The molecule has 0 nitrogen and oxygen atoms in total. The minimum Gasteiger partial charge on any atom is -0.146 e. The zero-order valence-electron chi connectivity index (χ0n) is 7.58. The molecule has 0 N–H and O–H groups in total. The Bertz CT molecular complexity index is 450. The molecule has 1 heterocycles. The molecule has 0 saturated heterocycles. The van der Waals surface area contributed by atoms with Gasteiger partial charge in [-0.1, -0.05) is 51.3 Å². The summed E-state index contributed by atoms with van der Waals surface area (Å²) in [6, 6.07) is 9.67. The fourth-order valence-electron chi connectivity index (χ4n) is 1.27. The lowest BCUT2D eigenvalue weighted by molar-refractivity contribution is 1.23. The number of rotatable bonds is 2. The van der Waals surface area contributed by atoms with Crippen molar-refractivity contribution in [2.45, 2.75) is 4.83 Å². The van der Waals surface area contributed by atoms with E-state index >= 15 is 0 Å². The van der Waals surface area contributed by atoms with Crippen LogP contribution in [0.25, 0.3) is 0 Å². The van der Waals surface area contributed by atoms with Gasteiger partial charge in [0.2, 0.25) is 0 Å². The lowest BCUT2D eigenvalue weighted by Crippen LogP contribution is -1.89. The average Bonchev–Trinajstić information content (AvgIpc) is 2.65. The van der Waals surface area contributed by atoms with Crippen LogP contribution in [-0.2, 0) is 0 Å². The molecule has 0 aliphatic carbocycles. The van der Waals surface area contributed by atoms with E-state index in [1.165, 1.54) is 0 Å². The highest BCUT2D eigenvalue weighted by Crippen LogP contribution is 2.38. The molecular weight excluding hydrogens is 315 g/mol. The van der Waals surface area contributed by atoms with Crippen LogP contribution in [0, 0.1) is 0 Å². The predicted octanol–water partition coefficient (Wildman–Crippen LogP) is 5.54. The molecule has 4 heteroatoms. The van der Waals surface area contributed by atoms with Crippen LogP contribution in [0.2, 0.25) is 10.0 Å². The van der Waals surface area contributed by atoms with Gasteiger partial charge in [0.05, 0.1) is 9.85 Å². The molecular formula is C11H7BrCl2S. The summed E-state index contributed by atoms with van der Waals surface area (Å²) in [6.07, 6.45) is 0. The maximum absolute atomic E-state index is 6.07. The number of halogens is 3. The molecule has 0 aliphatic heterocycles. The van der Waals surface area contributed by atoms with E-state index in [4.69, 9.17) is 23.2 Å². The first-order valence-corrected chi connectivity index (χ1v) is 6.86. The third kappa shape index (κ3) is 2.56. The second kappa shape index (κ2) is 4.88. The van der Waals surface area contributed by atoms with Crippen LogP contribution in [0.15, 0.2) is 35.7 Å². The minimum atomic E-state index is 0.141. The lowest BCUT2D eigenvalue weighted by atomic mass is 10.1. The van der Waals surface area contributed by atoms with Crippen molar-refractivity contribution in [1.29, 1.82) is 0 Å². The summed E-state index contributed by atoms with van der Waals surface area (Å²) in [7, 11) is 0. The number of thiophene rings is 1. The van der Waals surface area contributed by atoms with Crippen molar-refractivity contribution in [3.63, 3.8) is 0 Å². The van der Waals surface area contributed by atoms with E-state index in [2.05, 4.69) is 15.9 Å². The highest BCUT2D eigenvalue weighted by Gasteiger charge is 2.14. The molecule has 0 bridgehead atoms. The highest BCUT2D eigenvalue weighted by molar-refractivity contribution is 9.09. The Morgan fingerprint density at radius 2 is 1.73 bits per heavy atom. The molecule has 2 aromatic rings. The summed E-state index contributed by atoms with van der Waals surface area (Å²) in [5.41, 5.74) is 1.16. The number of hydrogen-bond donors (Lipinski definition) is 0. The van der Waals surface area contributed by atoms with Gasteiger partial charge in [-0.2, -0.15) is 0 Å². The maximum atomic E-state index is 6.07. The van der Waals surface area contributed by atoms with Crippen molar-refractivity contribution in [1.82, 2.24) is 0 Å². The van der Waals surface area contributed by atoms with E-state index in [1.54, 1.807) is 11.3 Å². The van der Waals surface area contributed by atoms with Gasteiger partial charge >= 0.3 is 0 Å². The standard InChI is InChI=1S/C11H7BrCl2S/c12-10(11-9(14)5-6-15-11)7-1-3-8(13)4-2-7/h1-6,10H. The molecule has 2 rings (SSSR count). The van der Waals surface area contributed by atoms with Crippen molar-refractivity contribution in [2.24, 2.45) is 0 Å². The predicted molar refractivity (Wildman–Crippen MR) is 71.6 cm³/mol. The molecule has 0 aliphatic rings. The van der Waals surface area contributed by atoms with Gasteiger partial charge in [0.1, 0.15) is 0 Å². The molecule has 15 heavy (non-hydrogen) atoms. The summed E-state index contributed by atoms with van der Waals surface area (Å²) in [6.45, 7) is 0. The van der Waals surface area contributed by atoms with E-state index in [1.807, 2.05) is 35.7 Å². The first-order chi connectivity index (χ1) is 7.18. The Hall–Kier alpha value is -0.0200. The zero-order chi connectivity index (χ0) is 10.8. The molecule has 1 aromatic carbocycles. The van der Waals surface area contributed by atoms with Crippen molar-refractivity contribution in [3.05, 3.63) is 56.2 Å². The van der Waals surface area contributed by atoms with Gasteiger partial charge < -0.3 is 0 Å². The minimum absolute atomic E-state index is 0.141. The quantitative estimate of drug-likeness (QED) is 0.637. The largest absolute Gasteiger partial charge is 0.146 e. The van der Waals surface area contributed by atoms with Crippen LogP contribution >= 0.6 is 50.5 Å². The van der Waals surface area contributed by atoms with Crippen LogP contribution in [0.4, 0.5) is 0 Å². The Labute approximate surface area is 111 Å². The second-order valence-corrected chi connectivity index (χ2v) is 5.75. The molecule has 0 spiro atoms. The summed E-state index contributed by atoms with van der Waals surface area (Å²) < 4.78 is 0. The molecule has 1 atom stereocenters. The Balaban J connectivity index is 2.32. The summed E-state index contributed by atoms with van der Waals surface area (Å²) >= 11 is 17.2. The first kappa shape index (κ1) is 11.5. The van der Waals surface area contributed by atoms with E-state index in [0.29, 0.717) is 0 Å². The van der Waals surface area contributed by atoms with Crippen LogP contribution in [-0.4, -0.2) is 0 Å². The fourth-order valence-corrected chi connectivity index (χ4v) is 3.57. The molecule has 0 saturated carbocycles. The van der Waals surface area contributed by atoms with Crippen molar-refractivity contribution in [3.8, 4) is 0 Å². The van der Waals surface area contributed by atoms with Crippen LogP contribution in [0.5, 0.6) is 0 Å². The monoisotopic (exact) mass is 320 g/mol. The van der Waals surface area contributed by atoms with Gasteiger partial charge in [0, 0.05) is 9.90 Å². The van der Waals surface area contributed by atoms with Gasteiger partial charge in [-0.05, 0) is 29.1 Å². The van der Waals surface area contributed by atoms with Gasteiger partial charge in [-0.3, -0.25) is 0 Å². The molecule has 0 amide bonds. The Morgan fingerprint density at radius 3 is 2.27 bits per heavy atom. The van der Waals surface area contributed by atoms with Crippen LogP contribution in [0.1, 0.15) is 15.3 Å². The van der Waals surface area contributed by atoms with Gasteiger partial charge in [0.25, 0.3) is 0 Å². The number of hydrogen-bond acceptors (Lipinski definition) is 1. The second-order valence-electron chi connectivity index (χ2n) is 3.05. The zero-order valence-corrected chi connectivity index (χ0v) is 11.5. The van der Waals surface area contributed by atoms with Crippen LogP contribution in [0.3, 0.4) is 0 Å². The lowest BCUT2D eigenvalue weighted by Gasteiger charge is -2.08. The first-order valence-electron chi connectivity index (χ1n) is 4.31. The van der Waals surface area contributed by atoms with Crippen molar-refractivity contribution < 1.29 is 0 Å². The topological polar surface area (TPSA) is 0 Å². The average molecular weight is 322 g/mol. The molecule has 0 fully saturated rings. The molecule has 1 unspecified atom stereocenters.